The van der Waals surface area contributed by atoms with Crippen molar-refractivity contribution >= 4 is 22.6 Å². The van der Waals surface area contributed by atoms with Gasteiger partial charge in [0.25, 0.3) is 5.56 Å². The van der Waals surface area contributed by atoms with Gasteiger partial charge in [-0.1, -0.05) is 13.8 Å². The lowest BCUT2D eigenvalue weighted by molar-refractivity contribution is -0.143. The zero-order valence-electron chi connectivity index (χ0n) is 15.0. The predicted octanol–water partition coefficient (Wildman–Crippen LogP) is 0.639. The van der Waals surface area contributed by atoms with Crippen LogP contribution in [-0.2, 0) is 16.1 Å². The van der Waals surface area contributed by atoms with E-state index in [1.165, 1.54) is 20.4 Å². The first kappa shape index (κ1) is 19.2. The Bertz CT molecular complexity index is 890. The number of rotatable bonds is 7. The fraction of sp³-hybridized carbons (Fsp3) is 0.412. The van der Waals surface area contributed by atoms with Crippen LogP contribution in [0.15, 0.2) is 23.1 Å². The van der Waals surface area contributed by atoms with Crippen LogP contribution < -0.4 is 20.3 Å². The van der Waals surface area contributed by atoms with E-state index in [2.05, 4.69) is 10.4 Å². The number of carboxylic acids is 1. The van der Waals surface area contributed by atoms with Gasteiger partial charge < -0.3 is 19.9 Å². The van der Waals surface area contributed by atoms with E-state index in [0.29, 0.717) is 11.1 Å². The third-order valence-electron chi connectivity index (χ3n) is 3.90. The molecule has 1 aromatic heterocycles. The molecule has 0 saturated heterocycles. The molecule has 140 valence electrons. The first-order chi connectivity index (χ1) is 12.3. The molecule has 1 unspecified atom stereocenters. The van der Waals surface area contributed by atoms with Gasteiger partial charge in [0.1, 0.15) is 12.6 Å². The number of amides is 1. The van der Waals surface area contributed by atoms with E-state index < -0.39 is 30.0 Å². The number of fused-ring (bicyclic) bond motifs is 1. The summed E-state index contributed by atoms with van der Waals surface area (Å²) in [6, 6.07) is 2.27. The second-order valence-corrected chi connectivity index (χ2v) is 6.00. The first-order valence-corrected chi connectivity index (χ1v) is 7.93. The number of hydrogen-bond donors (Lipinski definition) is 2. The van der Waals surface area contributed by atoms with Crippen LogP contribution in [0.3, 0.4) is 0 Å². The fourth-order valence-electron chi connectivity index (χ4n) is 2.57. The fourth-order valence-corrected chi connectivity index (χ4v) is 2.57. The van der Waals surface area contributed by atoms with Gasteiger partial charge in [0, 0.05) is 5.39 Å². The molecular weight excluding hydrogens is 342 g/mol. The molecule has 0 fully saturated rings. The van der Waals surface area contributed by atoms with Crippen molar-refractivity contribution in [2.75, 3.05) is 14.2 Å². The minimum absolute atomic E-state index is 0.230. The number of ether oxygens (including phenoxy) is 2. The van der Waals surface area contributed by atoms with E-state index in [-0.39, 0.29) is 17.1 Å². The summed E-state index contributed by atoms with van der Waals surface area (Å²) in [5, 5.41) is 16.3. The Morgan fingerprint density at radius 1 is 1.27 bits per heavy atom. The highest BCUT2D eigenvalue weighted by Gasteiger charge is 2.24. The van der Waals surface area contributed by atoms with Crippen molar-refractivity contribution in [1.82, 2.24) is 15.1 Å². The van der Waals surface area contributed by atoms with Crippen molar-refractivity contribution < 1.29 is 24.2 Å². The molecule has 0 radical (unpaired) electrons. The summed E-state index contributed by atoms with van der Waals surface area (Å²) in [6.45, 7) is 2.94. The van der Waals surface area contributed by atoms with Gasteiger partial charge in [-0.25, -0.2) is 9.48 Å². The third kappa shape index (κ3) is 3.76. The molecule has 2 aromatic rings. The molecule has 0 aliphatic heterocycles. The first-order valence-electron chi connectivity index (χ1n) is 7.93. The van der Waals surface area contributed by atoms with E-state index in [9.17, 15) is 14.4 Å². The van der Waals surface area contributed by atoms with E-state index in [1.54, 1.807) is 26.0 Å². The van der Waals surface area contributed by atoms with Crippen molar-refractivity contribution in [2.45, 2.75) is 26.4 Å². The lowest BCUT2D eigenvalue weighted by Gasteiger charge is -2.18. The van der Waals surface area contributed by atoms with Crippen molar-refractivity contribution in [2.24, 2.45) is 5.92 Å². The molecule has 0 spiro atoms. The van der Waals surface area contributed by atoms with E-state index >= 15 is 0 Å². The molecule has 0 bridgehead atoms. The largest absolute Gasteiger partial charge is 0.493 e. The van der Waals surface area contributed by atoms with Crippen LogP contribution in [0.4, 0.5) is 0 Å². The summed E-state index contributed by atoms with van der Waals surface area (Å²) in [6.07, 6.45) is 1.43. The van der Waals surface area contributed by atoms with Gasteiger partial charge in [-0.05, 0) is 18.1 Å². The molecule has 1 amide bonds. The molecule has 2 rings (SSSR count). The predicted molar refractivity (Wildman–Crippen MR) is 93.5 cm³/mol. The minimum Gasteiger partial charge on any atom is -0.493 e. The average molecular weight is 363 g/mol. The minimum atomic E-state index is -1.14. The highest BCUT2D eigenvalue weighted by Crippen LogP contribution is 2.32. The molecule has 1 atom stereocenters. The van der Waals surface area contributed by atoms with Gasteiger partial charge in [-0.2, -0.15) is 5.10 Å². The molecule has 1 heterocycles. The van der Waals surface area contributed by atoms with Crippen LogP contribution in [0, 0.1) is 5.92 Å². The van der Waals surface area contributed by atoms with Gasteiger partial charge in [0.15, 0.2) is 11.5 Å². The summed E-state index contributed by atoms with van der Waals surface area (Å²) >= 11 is 0. The highest BCUT2D eigenvalue weighted by atomic mass is 16.5. The summed E-state index contributed by atoms with van der Waals surface area (Å²) in [5.41, 5.74) is -0.537. The molecule has 0 saturated carbocycles. The monoisotopic (exact) mass is 363 g/mol. The average Bonchev–Trinajstić information content (AvgIpc) is 2.60. The van der Waals surface area contributed by atoms with Crippen LogP contribution in [-0.4, -0.2) is 47.0 Å². The maximum atomic E-state index is 12.7. The Hall–Kier alpha value is -3.10. The zero-order valence-corrected chi connectivity index (χ0v) is 15.0. The van der Waals surface area contributed by atoms with Crippen LogP contribution in [0.2, 0.25) is 0 Å². The SMILES string of the molecule is COc1ccc2cnn(CC(=O)NC(C(=O)O)C(C)C)c(=O)c2c1OC. The van der Waals surface area contributed by atoms with Gasteiger partial charge in [0.05, 0.1) is 25.8 Å². The molecular formula is C17H21N3O6. The second kappa shape index (κ2) is 7.85. The zero-order chi connectivity index (χ0) is 19.4. The quantitative estimate of drug-likeness (QED) is 0.741. The number of nitrogens with zero attached hydrogens (tertiary/aromatic N) is 2. The standard InChI is InChI=1S/C17H21N3O6/c1-9(2)14(17(23)24)19-12(21)8-20-16(22)13-10(7-18-20)5-6-11(25-3)15(13)26-4/h5-7,9,14H,8H2,1-4H3,(H,19,21)(H,23,24). The Balaban J connectivity index is 2.39. The van der Waals surface area contributed by atoms with Gasteiger partial charge >= 0.3 is 5.97 Å². The molecule has 0 aliphatic rings. The van der Waals surface area contributed by atoms with Gasteiger partial charge in [-0.3, -0.25) is 9.59 Å². The number of hydrogen-bond acceptors (Lipinski definition) is 6. The lowest BCUT2D eigenvalue weighted by atomic mass is 10.1. The summed E-state index contributed by atoms with van der Waals surface area (Å²) in [7, 11) is 2.86. The number of benzene rings is 1. The van der Waals surface area contributed by atoms with Crippen LogP contribution in [0.5, 0.6) is 11.5 Å². The van der Waals surface area contributed by atoms with Gasteiger partial charge in [0.2, 0.25) is 5.91 Å². The maximum absolute atomic E-state index is 12.7. The Morgan fingerprint density at radius 2 is 1.96 bits per heavy atom. The Morgan fingerprint density at radius 3 is 2.50 bits per heavy atom. The van der Waals surface area contributed by atoms with Crippen molar-refractivity contribution in [3.05, 3.63) is 28.7 Å². The number of carbonyl (C=O) groups excluding carboxylic acids is 1. The second-order valence-electron chi connectivity index (χ2n) is 6.00. The van der Waals surface area contributed by atoms with Crippen molar-refractivity contribution in [3.8, 4) is 11.5 Å². The number of carboxylic acid groups (broad SMARTS) is 1. The molecule has 9 heteroatoms. The normalized spacial score (nSPS) is 12.0. The number of methoxy groups -OCH3 is 2. The maximum Gasteiger partial charge on any atom is 0.326 e. The van der Waals surface area contributed by atoms with Crippen LogP contribution >= 0.6 is 0 Å². The molecule has 0 aliphatic carbocycles. The molecule has 2 N–H and O–H groups in total. The highest BCUT2D eigenvalue weighted by molar-refractivity contribution is 5.89. The molecule has 9 nitrogen and oxygen atoms in total. The Labute approximate surface area is 149 Å². The Kier molecular flexibility index (Phi) is 5.81. The van der Waals surface area contributed by atoms with E-state index in [4.69, 9.17) is 14.6 Å². The summed E-state index contributed by atoms with van der Waals surface area (Å²) in [5.74, 6) is -1.44. The van der Waals surface area contributed by atoms with E-state index in [1.807, 2.05) is 0 Å². The van der Waals surface area contributed by atoms with Crippen molar-refractivity contribution in [3.63, 3.8) is 0 Å². The number of aromatic nitrogens is 2. The van der Waals surface area contributed by atoms with Crippen LogP contribution in [0.1, 0.15) is 13.8 Å². The summed E-state index contributed by atoms with van der Waals surface area (Å²) < 4.78 is 11.4. The number of nitrogens with one attached hydrogen (secondary N) is 1. The molecule has 1 aromatic carbocycles. The number of carbonyl (C=O) groups is 2. The third-order valence-corrected chi connectivity index (χ3v) is 3.90. The van der Waals surface area contributed by atoms with Gasteiger partial charge in [-0.15, -0.1) is 0 Å². The van der Waals surface area contributed by atoms with Crippen molar-refractivity contribution in [1.29, 1.82) is 0 Å². The van der Waals surface area contributed by atoms with Crippen LogP contribution in [0.25, 0.3) is 10.8 Å². The number of aliphatic carboxylic acids is 1. The van der Waals surface area contributed by atoms with E-state index in [0.717, 1.165) is 4.68 Å². The molecule has 26 heavy (non-hydrogen) atoms. The lowest BCUT2D eigenvalue weighted by Crippen LogP contribution is -2.46. The smallest absolute Gasteiger partial charge is 0.326 e. The summed E-state index contributed by atoms with van der Waals surface area (Å²) in [4.78, 5) is 36.1. The topological polar surface area (TPSA) is 120 Å².